The molecule has 17 heavy (non-hydrogen) atoms. The lowest BCUT2D eigenvalue weighted by Gasteiger charge is -2.40. The topological polar surface area (TPSA) is 62.4 Å². The number of nitrogen functional groups attached to an aromatic ring is 1. The second-order valence-corrected chi connectivity index (χ2v) is 5.07. The van der Waals surface area contributed by atoms with Crippen molar-refractivity contribution in [1.82, 2.24) is 4.98 Å². The van der Waals surface area contributed by atoms with Crippen molar-refractivity contribution >= 4 is 23.1 Å². The highest BCUT2D eigenvalue weighted by Gasteiger charge is 2.32. The van der Waals surface area contributed by atoms with Crippen molar-refractivity contribution in [3.05, 3.63) is 17.3 Å². The van der Waals surface area contributed by atoms with Gasteiger partial charge in [0.1, 0.15) is 5.82 Å². The number of halogens is 1. The molecule has 3 N–H and O–H groups in total. The van der Waals surface area contributed by atoms with Crippen LogP contribution in [0.2, 0.25) is 5.02 Å². The number of hydrogen-bond donors (Lipinski definition) is 2. The summed E-state index contributed by atoms with van der Waals surface area (Å²) in [6.45, 7) is 3.50. The van der Waals surface area contributed by atoms with E-state index < -0.39 is 5.60 Å². The molecule has 0 aliphatic carbocycles. The molecule has 0 saturated carbocycles. The van der Waals surface area contributed by atoms with Crippen LogP contribution in [0.3, 0.4) is 0 Å². The van der Waals surface area contributed by atoms with Gasteiger partial charge < -0.3 is 15.7 Å². The van der Waals surface area contributed by atoms with Crippen molar-refractivity contribution in [1.29, 1.82) is 0 Å². The van der Waals surface area contributed by atoms with E-state index in [1.165, 1.54) is 0 Å². The van der Waals surface area contributed by atoms with E-state index in [9.17, 15) is 5.11 Å². The number of pyridine rings is 1. The Morgan fingerprint density at radius 2 is 2.41 bits per heavy atom. The fraction of sp³-hybridized carbons (Fsp3) is 0.583. The maximum atomic E-state index is 10.3. The minimum Gasteiger partial charge on any atom is -0.388 e. The quantitative estimate of drug-likeness (QED) is 0.849. The molecule has 0 spiro atoms. The smallest absolute Gasteiger partial charge is 0.125 e. The SMILES string of the molecule is CCC1(O)CCCN(c2cc(N)ncc2Cl)C1. The Balaban J connectivity index is 2.24. The lowest BCUT2D eigenvalue weighted by atomic mass is 9.90. The maximum absolute atomic E-state index is 10.3. The highest BCUT2D eigenvalue weighted by molar-refractivity contribution is 6.33. The average molecular weight is 256 g/mol. The summed E-state index contributed by atoms with van der Waals surface area (Å²) in [6.07, 6.45) is 4.12. The van der Waals surface area contributed by atoms with Gasteiger partial charge in [-0.05, 0) is 19.3 Å². The van der Waals surface area contributed by atoms with Crippen LogP contribution in [-0.4, -0.2) is 28.8 Å². The monoisotopic (exact) mass is 255 g/mol. The molecule has 0 bridgehead atoms. The van der Waals surface area contributed by atoms with E-state index in [2.05, 4.69) is 9.88 Å². The van der Waals surface area contributed by atoms with Crippen LogP contribution in [0.15, 0.2) is 12.3 Å². The molecule has 2 rings (SSSR count). The van der Waals surface area contributed by atoms with Gasteiger partial charge in [-0.25, -0.2) is 4.98 Å². The van der Waals surface area contributed by atoms with Crippen LogP contribution in [0.5, 0.6) is 0 Å². The molecule has 1 fully saturated rings. The summed E-state index contributed by atoms with van der Waals surface area (Å²) >= 11 is 6.12. The number of nitrogens with two attached hydrogens (primary N) is 1. The summed E-state index contributed by atoms with van der Waals surface area (Å²) in [5, 5.41) is 10.9. The van der Waals surface area contributed by atoms with E-state index in [1.807, 2.05) is 6.92 Å². The van der Waals surface area contributed by atoms with E-state index in [0.717, 1.165) is 31.5 Å². The predicted molar refractivity (Wildman–Crippen MR) is 70.3 cm³/mol. The second-order valence-electron chi connectivity index (χ2n) is 4.66. The Labute approximate surface area is 106 Å². The molecule has 0 aromatic carbocycles. The van der Waals surface area contributed by atoms with Crippen molar-refractivity contribution in [2.24, 2.45) is 0 Å². The fourth-order valence-corrected chi connectivity index (χ4v) is 2.52. The second kappa shape index (κ2) is 4.70. The Morgan fingerprint density at radius 3 is 3.12 bits per heavy atom. The first-order chi connectivity index (χ1) is 8.04. The molecule has 2 heterocycles. The molecule has 1 saturated heterocycles. The first kappa shape index (κ1) is 12.5. The molecule has 5 heteroatoms. The highest BCUT2D eigenvalue weighted by atomic mass is 35.5. The summed E-state index contributed by atoms with van der Waals surface area (Å²) in [5.41, 5.74) is 5.93. The number of anilines is 2. The summed E-state index contributed by atoms with van der Waals surface area (Å²) in [6, 6.07) is 1.77. The zero-order valence-corrected chi connectivity index (χ0v) is 10.7. The Kier molecular flexibility index (Phi) is 3.45. The Morgan fingerprint density at radius 1 is 1.65 bits per heavy atom. The lowest BCUT2D eigenvalue weighted by Crippen LogP contribution is -2.48. The van der Waals surface area contributed by atoms with Gasteiger partial charge in [0.05, 0.1) is 16.3 Å². The van der Waals surface area contributed by atoms with Gasteiger partial charge in [-0.2, -0.15) is 0 Å². The van der Waals surface area contributed by atoms with E-state index in [-0.39, 0.29) is 0 Å². The zero-order valence-electron chi connectivity index (χ0n) is 9.99. The van der Waals surface area contributed by atoms with Gasteiger partial charge in [0, 0.05) is 25.4 Å². The average Bonchev–Trinajstić information content (AvgIpc) is 2.32. The third kappa shape index (κ3) is 2.64. The molecule has 4 nitrogen and oxygen atoms in total. The minimum atomic E-state index is -0.611. The molecular formula is C12H18ClN3O. The highest BCUT2D eigenvalue weighted by Crippen LogP contribution is 2.32. The van der Waals surface area contributed by atoms with Crippen molar-refractivity contribution in [2.75, 3.05) is 23.7 Å². The van der Waals surface area contributed by atoms with Crippen LogP contribution < -0.4 is 10.6 Å². The number of hydrogen-bond acceptors (Lipinski definition) is 4. The number of piperidine rings is 1. The first-order valence-electron chi connectivity index (χ1n) is 5.92. The fourth-order valence-electron chi connectivity index (χ4n) is 2.29. The summed E-state index contributed by atoms with van der Waals surface area (Å²) in [5.74, 6) is 0.454. The number of nitrogens with zero attached hydrogens (tertiary/aromatic N) is 2. The largest absolute Gasteiger partial charge is 0.388 e. The van der Waals surface area contributed by atoms with Crippen LogP contribution in [-0.2, 0) is 0 Å². The van der Waals surface area contributed by atoms with E-state index in [1.54, 1.807) is 12.3 Å². The molecule has 94 valence electrons. The summed E-state index contributed by atoms with van der Waals surface area (Å²) in [7, 11) is 0. The molecular weight excluding hydrogens is 238 g/mol. The van der Waals surface area contributed by atoms with Crippen molar-refractivity contribution in [3.63, 3.8) is 0 Å². The van der Waals surface area contributed by atoms with Gasteiger partial charge in [-0.15, -0.1) is 0 Å². The van der Waals surface area contributed by atoms with Crippen LogP contribution in [0.1, 0.15) is 26.2 Å². The lowest BCUT2D eigenvalue weighted by molar-refractivity contribution is 0.0223. The first-order valence-corrected chi connectivity index (χ1v) is 6.30. The van der Waals surface area contributed by atoms with E-state index in [0.29, 0.717) is 17.4 Å². The third-order valence-corrected chi connectivity index (χ3v) is 3.70. The van der Waals surface area contributed by atoms with E-state index in [4.69, 9.17) is 17.3 Å². The molecule has 1 atom stereocenters. The number of rotatable bonds is 2. The predicted octanol–water partition coefficient (Wildman–Crippen LogP) is 2.06. The molecule has 1 aromatic heterocycles. The van der Waals surface area contributed by atoms with Crippen molar-refractivity contribution < 1.29 is 5.11 Å². The summed E-state index contributed by atoms with van der Waals surface area (Å²) in [4.78, 5) is 6.04. The van der Waals surface area contributed by atoms with E-state index >= 15 is 0 Å². The molecule has 1 aliphatic heterocycles. The molecule has 1 aromatic rings. The van der Waals surface area contributed by atoms with Gasteiger partial charge in [-0.1, -0.05) is 18.5 Å². The number of aliphatic hydroxyl groups is 1. The van der Waals surface area contributed by atoms with Gasteiger partial charge >= 0.3 is 0 Å². The standard InChI is InChI=1S/C12H18ClN3O/c1-2-12(17)4-3-5-16(8-12)10-6-11(14)15-7-9(10)13/h6-7,17H,2-5,8H2,1H3,(H2,14,15). The van der Waals surface area contributed by atoms with Crippen molar-refractivity contribution in [2.45, 2.75) is 31.8 Å². The molecule has 0 radical (unpaired) electrons. The molecule has 0 amide bonds. The number of β-amino-alcohol motifs (C(OH)–C–C–N with tert-alkyl or cyclic N) is 1. The Hall–Kier alpha value is -1.00. The number of aromatic nitrogens is 1. The zero-order chi connectivity index (χ0) is 12.5. The van der Waals surface area contributed by atoms with Crippen LogP contribution in [0.4, 0.5) is 11.5 Å². The van der Waals surface area contributed by atoms with Gasteiger partial charge in [-0.3, -0.25) is 0 Å². The van der Waals surface area contributed by atoms with Gasteiger partial charge in [0.25, 0.3) is 0 Å². The van der Waals surface area contributed by atoms with Crippen LogP contribution in [0, 0.1) is 0 Å². The van der Waals surface area contributed by atoms with Crippen LogP contribution in [0.25, 0.3) is 0 Å². The molecule has 1 unspecified atom stereocenters. The van der Waals surface area contributed by atoms with Crippen LogP contribution >= 0.6 is 11.6 Å². The minimum absolute atomic E-state index is 0.454. The summed E-state index contributed by atoms with van der Waals surface area (Å²) < 4.78 is 0. The molecule has 1 aliphatic rings. The Bertz CT molecular complexity index is 413. The third-order valence-electron chi connectivity index (χ3n) is 3.41. The van der Waals surface area contributed by atoms with Crippen molar-refractivity contribution in [3.8, 4) is 0 Å². The normalized spacial score (nSPS) is 25.0. The maximum Gasteiger partial charge on any atom is 0.125 e. The van der Waals surface area contributed by atoms with Gasteiger partial charge in [0.2, 0.25) is 0 Å². The van der Waals surface area contributed by atoms with Gasteiger partial charge in [0.15, 0.2) is 0 Å².